The first kappa shape index (κ1) is 21.8. The van der Waals surface area contributed by atoms with Gasteiger partial charge in [0.2, 0.25) is 0 Å². The molecule has 2 aromatic heterocycles. The van der Waals surface area contributed by atoms with Gasteiger partial charge in [-0.05, 0) is 55.4 Å². The van der Waals surface area contributed by atoms with Crippen LogP contribution in [0.5, 0.6) is 0 Å². The Labute approximate surface area is 191 Å². The number of fused-ring (bicyclic) bond motifs is 3. The first-order valence-electron chi connectivity index (χ1n) is 11.6. The number of ether oxygens (including phenoxy) is 1. The van der Waals surface area contributed by atoms with Crippen molar-refractivity contribution in [3.63, 3.8) is 0 Å². The lowest BCUT2D eigenvalue weighted by molar-refractivity contribution is 0.0639. The molecule has 3 heterocycles. The largest absolute Gasteiger partial charge is 0.383 e. The van der Waals surface area contributed by atoms with Crippen LogP contribution in [0.3, 0.4) is 0 Å². The normalized spacial score (nSPS) is 15.4. The van der Waals surface area contributed by atoms with Gasteiger partial charge in [0.15, 0.2) is 0 Å². The Balaban J connectivity index is 1.51. The molecule has 174 valence electrons. The second-order valence-corrected chi connectivity index (χ2v) is 9.03. The van der Waals surface area contributed by atoms with Gasteiger partial charge in [-0.25, -0.2) is 13.8 Å². The van der Waals surface area contributed by atoms with E-state index in [1.54, 1.807) is 11.0 Å². The van der Waals surface area contributed by atoms with Crippen molar-refractivity contribution in [1.29, 1.82) is 0 Å². The maximum atomic E-state index is 14.9. The van der Waals surface area contributed by atoms with Gasteiger partial charge in [-0.3, -0.25) is 4.79 Å². The van der Waals surface area contributed by atoms with E-state index in [0.29, 0.717) is 48.6 Å². The monoisotopic (exact) mass is 454 g/mol. The van der Waals surface area contributed by atoms with Gasteiger partial charge in [-0.1, -0.05) is 13.8 Å². The number of H-pyrrole nitrogens is 1. The van der Waals surface area contributed by atoms with Crippen molar-refractivity contribution in [2.45, 2.75) is 71.2 Å². The first-order valence-corrected chi connectivity index (χ1v) is 11.6. The van der Waals surface area contributed by atoms with Gasteiger partial charge < -0.3 is 20.4 Å². The summed E-state index contributed by atoms with van der Waals surface area (Å²) in [5, 5.41) is 0. The van der Waals surface area contributed by atoms with Crippen molar-refractivity contribution in [2.75, 3.05) is 5.73 Å². The van der Waals surface area contributed by atoms with Crippen LogP contribution in [0.2, 0.25) is 0 Å². The molecule has 1 fully saturated rings. The number of hydrogen-bond donors (Lipinski definition) is 2. The quantitative estimate of drug-likeness (QED) is 0.516. The van der Waals surface area contributed by atoms with Crippen LogP contribution >= 0.6 is 0 Å². The van der Waals surface area contributed by atoms with Crippen molar-refractivity contribution >= 4 is 22.8 Å². The van der Waals surface area contributed by atoms with E-state index < -0.39 is 11.6 Å². The average Bonchev–Trinajstić information content (AvgIpc) is 3.36. The highest BCUT2D eigenvalue weighted by Crippen LogP contribution is 2.41. The van der Waals surface area contributed by atoms with E-state index in [1.165, 1.54) is 12.1 Å². The highest BCUT2D eigenvalue weighted by atomic mass is 19.1. The number of aromatic amines is 1. The number of nitrogen functional groups attached to an aromatic ring is 1. The van der Waals surface area contributed by atoms with Crippen LogP contribution in [0.25, 0.3) is 11.0 Å². The minimum absolute atomic E-state index is 0.0765. The van der Waals surface area contributed by atoms with Crippen molar-refractivity contribution < 1.29 is 18.3 Å². The molecule has 1 amide bonds. The van der Waals surface area contributed by atoms with E-state index >= 15 is 0 Å². The number of nitrogens with zero attached hydrogens (tertiary/aromatic N) is 2. The fourth-order valence-electron chi connectivity index (χ4n) is 4.80. The number of anilines is 1. The molecule has 3 N–H and O–H groups in total. The SMILES string of the molecule is CCC(CC)N(Cc1c(F)cc(C2CC2)cc1F)C(=O)c1cc2nc(N)c3c(c2[nH]1)COC3. The smallest absolute Gasteiger partial charge is 0.270 e. The average molecular weight is 455 g/mol. The van der Waals surface area contributed by atoms with Crippen molar-refractivity contribution in [2.24, 2.45) is 0 Å². The molecule has 1 saturated carbocycles. The van der Waals surface area contributed by atoms with Crippen molar-refractivity contribution in [3.8, 4) is 0 Å². The maximum Gasteiger partial charge on any atom is 0.270 e. The molecular weight excluding hydrogens is 426 g/mol. The number of carbonyl (C=O) groups is 1. The Morgan fingerprint density at radius 2 is 1.85 bits per heavy atom. The molecule has 2 aliphatic rings. The summed E-state index contributed by atoms with van der Waals surface area (Å²) in [6, 6.07) is 4.33. The van der Waals surface area contributed by atoms with E-state index in [1.807, 2.05) is 13.8 Å². The molecule has 0 saturated heterocycles. The number of hydrogen-bond acceptors (Lipinski definition) is 4. The molecule has 0 bridgehead atoms. The number of amides is 1. The maximum absolute atomic E-state index is 14.9. The summed E-state index contributed by atoms with van der Waals surface area (Å²) >= 11 is 0. The van der Waals surface area contributed by atoms with Gasteiger partial charge in [0.25, 0.3) is 5.91 Å². The second kappa shape index (κ2) is 8.41. The number of benzene rings is 1. The number of halogens is 2. The molecule has 3 aromatic rings. The second-order valence-electron chi connectivity index (χ2n) is 9.03. The molecule has 5 rings (SSSR count). The molecule has 0 spiro atoms. The van der Waals surface area contributed by atoms with Crippen LogP contribution in [0, 0.1) is 11.6 Å². The molecule has 33 heavy (non-hydrogen) atoms. The third-order valence-corrected chi connectivity index (χ3v) is 6.92. The van der Waals surface area contributed by atoms with Gasteiger partial charge in [0.1, 0.15) is 23.1 Å². The van der Waals surface area contributed by atoms with Crippen LogP contribution in [0.15, 0.2) is 18.2 Å². The van der Waals surface area contributed by atoms with Gasteiger partial charge in [-0.2, -0.15) is 0 Å². The summed E-state index contributed by atoms with van der Waals surface area (Å²) in [6.07, 6.45) is 3.26. The summed E-state index contributed by atoms with van der Waals surface area (Å²) in [5.74, 6) is -0.872. The molecule has 1 aliphatic heterocycles. The van der Waals surface area contributed by atoms with Crippen molar-refractivity contribution in [3.05, 3.63) is 57.8 Å². The third kappa shape index (κ3) is 3.86. The highest BCUT2D eigenvalue weighted by Gasteiger charge is 2.30. The fraction of sp³-hybridized carbons (Fsp3) is 0.440. The lowest BCUT2D eigenvalue weighted by atomic mass is 10.0. The zero-order chi connectivity index (χ0) is 23.3. The van der Waals surface area contributed by atoms with Crippen LogP contribution < -0.4 is 5.73 Å². The molecule has 0 atom stereocenters. The van der Waals surface area contributed by atoms with Crippen LogP contribution in [-0.4, -0.2) is 26.8 Å². The number of aromatic nitrogens is 2. The van der Waals surface area contributed by atoms with E-state index in [2.05, 4.69) is 9.97 Å². The number of nitrogens with two attached hydrogens (primary N) is 1. The summed E-state index contributed by atoms with van der Waals surface area (Å²) in [4.78, 5) is 22.8. The molecule has 0 radical (unpaired) electrons. The standard InChI is InChI=1S/C25H28F2N4O2/c1-3-15(4-2)31(10-16-19(26)7-14(8-20(16)27)13-5-6-13)25(32)22-9-21-23(29-22)17-11-33-12-18(17)24(28)30-21/h7-9,13,15,29H,3-6,10-12H2,1-2H3,(H2,28,30). The van der Waals surface area contributed by atoms with Crippen LogP contribution in [0.4, 0.5) is 14.6 Å². The topological polar surface area (TPSA) is 84.2 Å². The predicted octanol–water partition coefficient (Wildman–Crippen LogP) is 5.16. The van der Waals surface area contributed by atoms with Crippen molar-refractivity contribution in [1.82, 2.24) is 14.9 Å². The summed E-state index contributed by atoms with van der Waals surface area (Å²) in [6.45, 7) is 4.58. The lowest BCUT2D eigenvalue weighted by Gasteiger charge is -2.30. The third-order valence-electron chi connectivity index (χ3n) is 6.92. The molecule has 0 unspecified atom stereocenters. The molecule has 6 nitrogen and oxygen atoms in total. The van der Waals surface area contributed by atoms with Crippen LogP contribution in [0.1, 0.15) is 78.2 Å². The summed E-state index contributed by atoms with van der Waals surface area (Å²) in [5.41, 5.74) is 10.0. The van der Waals surface area contributed by atoms with Gasteiger partial charge in [0, 0.05) is 22.7 Å². The number of carbonyl (C=O) groups excluding carboxylic acids is 1. The predicted molar refractivity (Wildman–Crippen MR) is 122 cm³/mol. The zero-order valence-corrected chi connectivity index (χ0v) is 18.9. The van der Waals surface area contributed by atoms with Gasteiger partial charge in [-0.15, -0.1) is 0 Å². The van der Waals surface area contributed by atoms with E-state index in [-0.39, 0.29) is 30.0 Å². The number of nitrogens with one attached hydrogen (secondary N) is 1. The van der Waals surface area contributed by atoms with E-state index in [9.17, 15) is 13.6 Å². The van der Waals surface area contributed by atoms with Gasteiger partial charge >= 0.3 is 0 Å². The molecule has 1 aromatic carbocycles. The Morgan fingerprint density at radius 3 is 2.48 bits per heavy atom. The Kier molecular flexibility index (Phi) is 5.56. The first-order chi connectivity index (χ1) is 15.9. The van der Waals surface area contributed by atoms with Crippen LogP contribution in [-0.2, 0) is 24.5 Å². The zero-order valence-electron chi connectivity index (χ0n) is 18.9. The lowest BCUT2D eigenvalue weighted by Crippen LogP contribution is -2.40. The minimum atomic E-state index is -0.596. The molecule has 8 heteroatoms. The Hall–Kier alpha value is -3.00. The number of rotatable bonds is 7. The van der Waals surface area contributed by atoms with E-state index in [0.717, 1.165) is 29.5 Å². The van der Waals surface area contributed by atoms with E-state index in [4.69, 9.17) is 10.5 Å². The number of pyridine rings is 1. The minimum Gasteiger partial charge on any atom is -0.383 e. The summed E-state index contributed by atoms with van der Waals surface area (Å²) in [7, 11) is 0. The summed E-state index contributed by atoms with van der Waals surface area (Å²) < 4.78 is 35.4. The molecular formula is C25H28F2N4O2. The molecule has 1 aliphatic carbocycles. The van der Waals surface area contributed by atoms with Gasteiger partial charge in [0.05, 0.1) is 30.8 Å². The fourth-order valence-corrected chi connectivity index (χ4v) is 4.80. The highest BCUT2D eigenvalue weighted by molar-refractivity contribution is 5.98. The Morgan fingerprint density at radius 1 is 1.18 bits per heavy atom. The Bertz CT molecular complexity index is 1210.